The van der Waals surface area contributed by atoms with E-state index >= 15 is 0 Å². The highest BCUT2D eigenvalue weighted by molar-refractivity contribution is 5.79. The predicted molar refractivity (Wildman–Crippen MR) is 127 cm³/mol. The molecule has 7 heteroatoms. The Hall–Kier alpha value is -3.87. The van der Waals surface area contributed by atoms with Crippen LogP contribution in [0.1, 0.15) is 28.4 Å². The summed E-state index contributed by atoms with van der Waals surface area (Å²) in [5, 5.41) is 11.2. The van der Waals surface area contributed by atoms with E-state index in [1.54, 1.807) is 13.2 Å². The number of para-hydroxylation sites is 1. The van der Waals surface area contributed by atoms with E-state index in [1.165, 1.54) is 5.56 Å². The molecule has 0 bridgehead atoms. The van der Waals surface area contributed by atoms with Gasteiger partial charge in [0.05, 0.1) is 24.1 Å². The number of hydrogen-bond acceptors (Lipinski definition) is 4. The smallest absolute Gasteiger partial charge is 0.214 e. The third-order valence-corrected chi connectivity index (χ3v) is 5.20. The van der Waals surface area contributed by atoms with Crippen LogP contribution in [-0.4, -0.2) is 27.8 Å². The molecule has 4 rings (SSSR count). The molecule has 0 aliphatic rings. The zero-order chi connectivity index (χ0) is 22.5. The van der Waals surface area contributed by atoms with Crippen molar-refractivity contribution in [3.8, 4) is 17.0 Å². The molecule has 0 radical (unpaired) electrons. The van der Waals surface area contributed by atoms with E-state index in [0.717, 1.165) is 34.0 Å². The van der Waals surface area contributed by atoms with Crippen LogP contribution in [0, 0.1) is 20.8 Å². The van der Waals surface area contributed by atoms with Crippen LogP contribution in [0.4, 0.5) is 0 Å². The van der Waals surface area contributed by atoms with E-state index < -0.39 is 0 Å². The SMILES string of the molecule is CN=C(NCc1ncc(-c2ccc(C)cc2)o1)NCc1ccccc1-n1nc(C)cc1C. The van der Waals surface area contributed by atoms with Crippen LogP contribution in [-0.2, 0) is 13.1 Å². The van der Waals surface area contributed by atoms with Gasteiger partial charge >= 0.3 is 0 Å². The van der Waals surface area contributed by atoms with Gasteiger partial charge in [0.1, 0.15) is 0 Å². The second-order valence-corrected chi connectivity index (χ2v) is 7.73. The summed E-state index contributed by atoms with van der Waals surface area (Å²) in [7, 11) is 1.75. The Labute approximate surface area is 188 Å². The molecule has 2 aromatic carbocycles. The van der Waals surface area contributed by atoms with E-state index in [4.69, 9.17) is 4.42 Å². The minimum absolute atomic E-state index is 0.435. The summed E-state index contributed by atoms with van der Waals surface area (Å²) < 4.78 is 7.87. The first-order valence-corrected chi connectivity index (χ1v) is 10.6. The maximum Gasteiger partial charge on any atom is 0.214 e. The van der Waals surface area contributed by atoms with Crippen LogP contribution in [0.15, 0.2) is 70.2 Å². The third-order valence-electron chi connectivity index (χ3n) is 5.20. The number of aryl methyl sites for hydroxylation is 3. The molecule has 0 atom stereocenters. The number of aliphatic imine (C=N–C) groups is 1. The molecule has 2 heterocycles. The van der Waals surface area contributed by atoms with Crippen molar-refractivity contribution >= 4 is 5.96 Å². The van der Waals surface area contributed by atoms with Gasteiger partial charge in [0, 0.05) is 24.8 Å². The zero-order valence-corrected chi connectivity index (χ0v) is 18.9. The molecule has 4 aromatic rings. The summed E-state index contributed by atoms with van der Waals surface area (Å²) in [6.07, 6.45) is 1.75. The zero-order valence-electron chi connectivity index (χ0n) is 18.9. The van der Waals surface area contributed by atoms with Crippen molar-refractivity contribution in [2.24, 2.45) is 4.99 Å². The van der Waals surface area contributed by atoms with Crippen LogP contribution >= 0.6 is 0 Å². The minimum atomic E-state index is 0.435. The average Bonchev–Trinajstić information content (AvgIpc) is 3.40. The molecule has 2 N–H and O–H groups in total. The highest BCUT2D eigenvalue weighted by Gasteiger charge is 2.10. The van der Waals surface area contributed by atoms with E-state index in [2.05, 4.69) is 69.9 Å². The van der Waals surface area contributed by atoms with Gasteiger partial charge in [-0.15, -0.1) is 0 Å². The topological polar surface area (TPSA) is 80.3 Å². The molecule has 0 fully saturated rings. The Morgan fingerprint density at radius 3 is 2.47 bits per heavy atom. The first-order valence-electron chi connectivity index (χ1n) is 10.6. The standard InChI is InChI=1S/C25H28N6O/c1-17-9-11-20(12-10-17)23-15-27-24(32-23)16-29-25(26-4)28-14-21-7-5-6-8-22(21)31-19(3)13-18(2)30-31/h5-13,15H,14,16H2,1-4H3,(H2,26,28,29). The summed E-state index contributed by atoms with van der Waals surface area (Å²) in [4.78, 5) is 8.70. The Balaban J connectivity index is 1.39. The number of nitrogens with one attached hydrogen (secondary N) is 2. The van der Waals surface area contributed by atoms with Gasteiger partial charge in [0.2, 0.25) is 5.89 Å². The van der Waals surface area contributed by atoms with Crippen molar-refractivity contribution in [1.29, 1.82) is 0 Å². The van der Waals surface area contributed by atoms with Gasteiger partial charge in [-0.3, -0.25) is 4.99 Å². The number of aromatic nitrogens is 3. The Kier molecular flexibility index (Phi) is 6.35. The van der Waals surface area contributed by atoms with Crippen molar-refractivity contribution in [2.45, 2.75) is 33.9 Å². The molecular weight excluding hydrogens is 400 g/mol. The number of nitrogens with zero attached hydrogens (tertiary/aromatic N) is 4. The fourth-order valence-electron chi connectivity index (χ4n) is 3.54. The lowest BCUT2D eigenvalue weighted by Crippen LogP contribution is -2.36. The van der Waals surface area contributed by atoms with Crippen molar-refractivity contribution in [2.75, 3.05) is 7.05 Å². The Morgan fingerprint density at radius 1 is 1.00 bits per heavy atom. The number of hydrogen-bond donors (Lipinski definition) is 2. The molecule has 7 nitrogen and oxygen atoms in total. The quantitative estimate of drug-likeness (QED) is 0.353. The molecular formula is C25H28N6O. The molecule has 0 saturated heterocycles. The van der Waals surface area contributed by atoms with Gasteiger partial charge in [-0.1, -0.05) is 48.0 Å². The minimum Gasteiger partial charge on any atom is -0.439 e. The fourth-order valence-corrected chi connectivity index (χ4v) is 3.54. The molecule has 164 valence electrons. The molecule has 32 heavy (non-hydrogen) atoms. The molecule has 0 spiro atoms. The second kappa shape index (κ2) is 9.51. The van der Waals surface area contributed by atoms with Crippen molar-refractivity contribution in [3.63, 3.8) is 0 Å². The van der Waals surface area contributed by atoms with Crippen LogP contribution in [0.5, 0.6) is 0 Å². The molecule has 0 aliphatic heterocycles. The van der Waals surface area contributed by atoms with E-state index in [0.29, 0.717) is 24.9 Å². The summed E-state index contributed by atoms with van der Waals surface area (Å²) in [6.45, 7) is 7.17. The monoisotopic (exact) mass is 428 g/mol. The van der Waals surface area contributed by atoms with E-state index in [1.807, 2.05) is 35.9 Å². The van der Waals surface area contributed by atoms with Crippen LogP contribution < -0.4 is 10.6 Å². The number of oxazole rings is 1. The number of benzene rings is 2. The van der Waals surface area contributed by atoms with Crippen molar-refractivity contribution in [1.82, 2.24) is 25.4 Å². The Bertz CT molecular complexity index is 1220. The predicted octanol–water partition coefficient (Wildman–Crippen LogP) is 4.32. The molecule has 2 aromatic heterocycles. The summed E-state index contributed by atoms with van der Waals surface area (Å²) >= 11 is 0. The summed E-state index contributed by atoms with van der Waals surface area (Å²) in [5.41, 5.74) is 6.50. The van der Waals surface area contributed by atoms with Crippen molar-refractivity contribution in [3.05, 3.63) is 89.2 Å². The van der Waals surface area contributed by atoms with Gasteiger partial charge in [-0.25, -0.2) is 9.67 Å². The maximum absolute atomic E-state index is 5.89. The lowest BCUT2D eigenvalue weighted by atomic mass is 10.1. The first kappa shape index (κ1) is 21.4. The van der Waals surface area contributed by atoms with Gasteiger partial charge in [0.25, 0.3) is 0 Å². The lowest BCUT2D eigenvalue weighted by molar-refractivity contribution is 0.497. The fraction of sp³-hybridized carbons (Fsp3) is 0.240. The average molecular weight is 429 g/mol. The third kappa shape index (κ3) is 4.88. The second-order valence-electron chi connectivity index (χ2n) is 7.73. The number of guanidine groups is 1. The molecule has 0 amide bonds. The summed E-state index contributed by atoms with van der Waals surface area (Å²) in [5.74, 6) is 2.03. The van der Waals surface area contributed by atoms with Crippen LogP contribution in [0.2, 0.25) is 0 Å². The molecule has 0 saturated carbocycles. The van der Waals surface area contributed by atoms with E-state index in [9.17, 15) is 0 Å². The maximum atomic E-state index is 5.89. The molecule has 0 aliphatic carbocycles. The lowest BCUT2D eigenvalue weighted by Gasteiger charge is -2.14. The first-order chi connectivity index (χ1) is 15.5. The van der Waals surface area contributed by atoms with Gasteiger partial charge in [0.15, 0.2) is 11.7 Å². The highest BCUT2D eigenvalue weighted by atomic mass is 16.4. The Morgan fingerprint density at radius 2 is 1.75 bits per heavy atom. The van der Waals surface area contributed by atoms with Gasteiger partial charge < -0.3 is 15.1 Å². The van der Waals surface area contributed by atoms with Crippen LogP contribution in [0.25, 0.3) is 17.0 Å². The number of rotatable bonds is 6. The van der Waals surface area contributed by atoms with Gasteiger partial charge in [-0.05, 0) is 38.5 Å². The molecule has 0 unspecified atom stereocenters. The van der Waals surface area contributed by atoms with Crippen molar-refractivity contribution < 1.29 is 4.42 Å². The van der Waals surface area contributed by atoms with Gasteiger partial charge in [-0.2, -0.15) is 5.10 Å². The normalized spacial score (nSPS) is 11.6. The van der Waals surface area contributed by atoms with E-state index in [-0.39, 0.29) is 0 Å². The summed E-state index contributed by atoms with van der Waals surface area (Å²) in [6, 6.07) is 18.5. The highest BCUT2D eigenvalue weighted by Crippen LogP contribution is 2.21. The van der Waals surface area contributed by atoms with Crippen LogP contribution in [0.3, 0.4) is 0 Å². The largest absolute Gasteiger partial charge is 0.439 e.